The number of amides is 3. The van der Waals surface area contributed by atoms with Gasteiger partial charge in [-0.1, -0.05) is 36.8 Å². The Bertz CT molecular complexity index is 686. The third-order valence-corrected chi connectivity index (χ3v) is 4.00. The van der Waals surface area contributed by atoms with Crippen LogP contribution in [0, 0.1) is 5.92 Å². The van der Waals surface area contributed by atoms with Gasteiger partial charge in [-0.3, -0.25) is 4.79 Å². The molecule has 3 amide bonds. The number of anilines is 1. The van der Waals surface area contributed by atoms with Gasteiger partial charge >= 0.3 is 6.03 Å². The topological polar surface area (TPSA) is 97.1 Å². The molecule has 1 heterocycles. The van der Waals surface area contributed by atoms with E-state index < -0.39 is 12.1 Å². The Morgan fingerprint density at radius 3 is 2.71 bits per heavy atom. The second kappa shape index (κ2) is 6.28. The fourth-order valence-electron chi connectivity index (χ4n) is 1.82. The molecular formula is C13H15ClN4O2S. The molecule has 0 radical (unpaired) electrons. The second-order valence-electron chi connectivity index (χ2n) is 4.85. The van der Waals surface area contributed by atoms with E-state index in [1.165, 1.54) is 11.3 Å². The lowest BCUT2D eigenvalue weighted by Crippen LogP contribution is -2.49. The lowest BCUT2D eigenvalue weighted by Gasteiger charge is -2.19. The van der Waals surface area contributed by atoms with Crippen molar-refractivity contribution in [3.8, 4) is 0 Å². The number of carbonyl (C=O) groups is 2. The van der Waals surface area contributed by atoms with Gasteiger partial charge in [0.2, 0.25) is 5.91 Å². The second-order valence-corrected chi connectivity index (χ2v) is 6.32. The summed E-state index contributed by atoms with van der Waals surface area (Å²) in [6.07, 6.45) is 0. The average Bonchev–Trinajstić information content (AvgIpc) is 2.76. The van der Waals surface area contributed by atoms with Crippen molar-refractivity contribution in [3.63, 3.8) is 0 Å². The maximum atomic E-state index is 12.2. The Labute approximate surface area is 130 Å². The van der Waals surface area contributed by atoms with Crippen LogP contribution in [0.25, 0.3) is 10.2 Å². The Balaban J connectivity index is 2.17. The maximum Gasteiger partial charge on any atom is 0.312 e. The molecule has 0 spiro atoms. The molecule has 0 unspecified atom stereocenters. The first kappa shape index (κ1) is 15.5. The summed E-state index contributed by atoms with van der Waals surface area (Å²) in [5, 5.41) is 6.18. The van der Waals surface area contributed by atoms with Gasteiger partial charge in [0.25, 0.3) is 0 Å². The van der Waals surface area contributed by atoms with Crippen LogP contribution in [0.4, 0.5) is 9.93 Å². The number of primary amides is 1. The number of nitrogens with one attached hydrogen (secondary N) is 2. The van der Waals surface area contributed by atoms with Crippen molar-refractivity contribution in [1.82, 2.24) is 10.3 Å². The van der Waals surface area contributed by atoms with Crippen molar-refractivity contribution in [2.75, 3.05) is 5.32 Å². The highest BCUT2D eigenvalue weighted by Gasteiger charge is 2.24. The Morgan fingerprint density at radius 2 is 2.10 bits per heavy atom. The minimum Gasteiger partial charge on any atom is -0.352 e. The zero-order valence-corrected chi connectivity index (χ0v) is 13.1. The number of nitrogens with two attached hydrogens (primary N) is 1. The highest BCUT2D eigenvalue weighted by Crippen LogP contribution is 2.28. The normalized spacial score (nSPS) is 12.4. The molecule has 0 fully saturated rings. The van der Waals surface area contributed by atoms with Gasteiger partial charge in [0.05, 0.1) is 10.2 Å². The molecule has 4 N–H and O–H groups in total. The zero-order valence-electron chi connectivity index (χ0n) is 11.5. The van der Waals surface area contributed by atoms with Crippen LogP contribution < -0.4 is 16.4 Å². The number of benzene rings is 1. The van der Waals surface area contributed by atoms with E-state index in [1.807, 2.05) is 13.8 Å². The van der Waals surface area contributed by atoms with Gasteiger partial charge < -0.3 is 16.4 Å². The van der Waals surface area contributed by atoms with Gasteiger partial charge in [-0.2, -0.15) is 0 Å². The Morgan fingerprint density at radius 1 is 1.38 bits per heavy atom. The number of rotatable bonds is 4. The maximum absolute atomic E-state index is 12.2. The van der Waals surface area contributed by atoms with Gasteiger partial charge in [-0.15, -0.1) is 0 Å². The van der Waals surface area contributed by atoms with Crippen molar-refractivity contribution in [2.45, 2.75) is 19.9 Å². The first-order chi connectivity index (χ1) is 9.86. The first-order valence-corrected chi connectivity index (χ1v) is 7.49. The van der Waals surface area contributed by atoms with Crippen molar-refractivity contribution >= 4 is 50.2 Å². The Hall–Kier alpha value is -1.86. The summed E-state index contributed by atoms with van der Waals surface area (Å²) < 4.78 is 0.877. The van der Waals surface area contributed by atoms with Crippen LogP contribution in [0.3, 0.4) is 0 Å². The number of thiazole rings is 1. The number of nitrogens with zero attached hydrogens (tertiary/aromatic N) is 1. The third-order valence-electron chi connectivity index (χ3n) is 2.83. The predicted molar refractivity (Wildman–Crippen MR) is 84.6 cm³/mol. The molecule has 1 aromatic heterocycles. The van der Waals surface area contributed by atoms with Gasteiger partial charge in [0.15, 0.2) is 5.13 Å². The molecule has 2 rings (SSSR count). The highest BCUT2D eigenvalue weighted by atomic mass is 35.5. The molecule has 0 saturated heterocycles. The minimum absolute atomic E-state index is 0.0960. The summed E-state index contributed by atoms with van der Waals surface area (Å²) in [5.74, 6) is -0.449. The molecule has 0 bridgehead atoms. The predicted octanol–water partition coefficient (Wildman–Crippen LogP) is 2.58. The zero-order chi connectivity index (χ0) is 15.6. The molecule has 1 atom stereocenters. The molecule has 2 aromatic rings. The molecule has 0 saturated carbocycles. The first-order valence-electron chi connectivity index (χ1n) is 6.29. The van der Waals surface area contributed by atoms with Gasteiger partial charge in [0.1, 0.15) is 6.04 Å². The van der Waals surface area contributed by atoms with Crippen LogP contribution in [-0.2, 0) is 4.79 Å². The van der Waals surface area contributed by atoms with Crippen molar-refractivity contribution in [2.24, 2.45) is 11.7 Å². The monoisotopic (exact) mass is 326 g/mol. The van der Waals surface area contributed by atoms with Crippen LogP contribution in [0.15, 0.2) is 18.2 Å². The molecule has 21 heavy (non-hydrogen) atoms. The number of carbonyl (C=O) groups excluding carboxylic acids is 2. The summed E-state index contributed by atoms with van der Waals surface area (Å²) in [4.78, 5) is 27.4. The quantitative estimate of drug-likeness (QED) is 0.805. The van der Waals surface area contributed by atoms with Crippen LogP contribution in [-0.4, -0.2) is 23.0 Å². The summed E-state index contributed by atoms with van der Waals surface area (Å²) in [6.45, 7) is 3.64. The van der Waals surface area contributed by atoms with E-state index in [0.717, 1.165) is 10.2 Å². The van der Waals surface area contributed by atoms with Gasteiger partial charge in [-0.25, -0.2) is 9.78 Å². The fraction of sp³-hybridized carbons (Fsp3) is 0.308. The van der Waals surface area contributed by atoms with Gasteiger partial charge in [0, 0.05) is 5.02 Å². The van der Waals surface area contributed by atoms with Gasteiger partial charge in [-0.05, 0) is 24.1 Å². The number of hydrogen-bond acceptors (Lipinski definition) is 4. The van der Waals surface area contributed by atoms with Crippen molar-refractivity contribution < 1.29 is 9.59 Å². The Kier molecular flexibility index (Phi) is 4.64. The lowest BCUT2D eigenvalue weighted by molar-refractivity contribution is -0.118. The number of fused-ring (bicyclic) bond motifs is 1. The van der Waals surface area contributed by atoms with E-state index in [9.17, 15) is 9.59 Å². The molecule has 0 aliphatic rings. The summed E-state index contributed by atoms with van der Waals surface area (Å²) >= 11 is 7.23. The fourth-order valence-corrected chi connectivity index (χ4v) is 2.97. The largest absolute Gasteiger partial charge is 0.352 e. The average molecular weight is 327 g/mol. The number of aromatic nitrogens is 1. The van der Waals surface area contributed by atoms with E-state index in [0.29, 0.717) is 10.2 Å². The molecule has 112 valence electrons. The summed E-state index contributed by atoms with van der Waals surface area (Å²) in [5.41, 5.74) is 5.84. The standard InChI is InChI=1S/C13H15ClN4O2S/c1-6(2)10(17-12(15)20)11(19)18-13-16-8-4-3-7(14)5-9(8)21-13/h3-6,10H,1-2H3,(H3,15,17,20)(H,16,18,19)/t10-/m0/s1. The molecule has 0 aliphatic heterocycles. The van der Waals surface area contributed by atoms with Crippen molar-refractivity contribution in [3.05, 3.63) is 23.2 Å². The van der Waals surface area contributed by atoms with Crippen LogP contribution in [0.5, 0.6) is 0 Å². The summed E-state index contributed by atoms with van der Waals surface area (Å²) in [7, 11) is 0. The number of urea groups is 1. The number of hydrogen-bond donors (Lipinski definition) is 3. The molecule has 6 nitrogen and oxygen atoms in total. The highest BCUT2D eigenvalue weighted by molar-refractivity contribution is 7.22. The van der Waals surface area contributed by atoms with Crippen LogP contribution >= 0.6 is 22.9 Å². The minimum atomic E-state index is -0.736. The smallest absolute Gasteiger partial charge is 0.312 e. The third kappa shape index (κ3) is 3.83. The molecule has 0 aliphatic carbocycles. The van der Waals surface area contributed by atoms with E-state index in [-0.39, 0.29) is 11.8 Å². The molecule has 1 aromatic carbocycles. The lowest BCUT2D eigenvalue weighted by atomic mass is 10.0. The SMILES string of the molecule is CC(C)[C@H](NC(N)=O)C(=O)Nc1nc2ccc(Cl)cc2s1. The number of halogens is 1. The van der Waals surface area contributed by atoms with E-state index in [2.05, 4.69) is 15.6 Å². The van der Waals surface area contributed by atoms with Crippen LogP contribution in [0.2, 0.25) is 5.02 Å². The van der Waals surface area contributed by atoms with E-state index in [1.54, 1.807) is 18.2 Å². The van der Waals surface area contributed by atoms with Crippen LogP contribution in [0.1, 0.15) is 13.8 Å². The van der Waals surface area contributed by atoms with E-state index in [4.69, 9.17) is 17.3 Å². The van der Waals surface area contributed by atoms with Crippen molar-refractivity contribution in [1.29, 1.82) is 0 Å². The van der Waals surface area contributed by atoms with E-state index >= 15 is 0 Å². The molecule has 8 heteroatoms. The molecular weight excluding hydrogens is 312 g/mol. The summed E-state index contributed by atoms with van der Waals surface area (Å²) in [6, 6.07) is 3.86.